The topological polar surface area (TPSA) is 79.2 Å². The maximum absolute atomic E-state index is 12.2. The van der Waals surface area contributed by atoms with Crippen molar-refractivity contribution in [2.24, 2.45) is 5.92 Å². The van der Waals surface area contributed by atoms with E-state index in [4.69, 9.17) is 0 Å². The predicted molar refractivity (Wildman–Crippen MR) is 88.3 cm³/mol. The second-order valence-electron chi connectivity index (χ2n) is 6.86. The van der Waals surface area contributed by atoms with Crippen molar-refractivity contribution in [3.05, 3.63) is 18.0 Å². The number of carbonyl (C=O) groups is 1. The van der Waals surface area contributed by atoms with Crippen molar-refractivity contribution in [2.75, 3.05) is 19.6 Å². The SMILES string of the molecule is O=C(NCC(O)C1CCCCC1)c1ccn(C2CCCNC2)n1. The first-order valence-corrected chi connectivity index (χ1v) is 8.96. The number of piperidine rings is 1. The van der Waals surface area contributed by atoms with Crippen molar-refractivity contribution in [3.63, 3.8) is 0 Å². The van der Waals surface area contributed by atoms with E-state index in [2.05, 4.69) is 15.7 Å². The molecule has 23 heavy (non-hydrogen) atoms. The molecular formula is C17H28N4O2. The smallest absolute Gasteiger partial charge is 0.271 e. The van der Waals surface area contributed by atoms with Crippen molar-refractivity contribution in [1.82, 2.24) is 20.4 Å². The van der Waals surface area contributed by atoms with Crippen LogP contribution in [-0.4, -0.2) is 46.5 Å². The van der Waals surface area contributed by atoms with Gasteiger partial charge < -0.3 is 15.7 Å². The zero-order valence-corrected chi connectivity index (χ0v) is 13.7. The molecule has 1 aliphatic heterocycles. The third-order valence-electron chi connectivity index (χ3n) is 5.15. The molecule has 1 aliphatic carbocycles. The second kappa shape index (κ2) is 7.93. The molecule has 1 aromatic rings. The number of nitrogens with one attached hydrogen (secondary N) is 2. The Morgan fingerprint density at radius 1 is 1.35 bits per heavy atom. The molecule has 1 saturated heterocycles. The minimum Gasteiger partial charge on any atom is -0.391 e. The normalized spacial score (nSPS) is 24.3. The Kier molecular flexibility index (Phi) is 5.67. The number of carbonyl (C=O) groups excluding carboxylic acids is 1. The highest BCUT2D eigenvalue weighted by molar-refractivity contribution is 5.92. The fraction of sp³-hybridized carbons (Fsp3) is 0.765. The molecule has 2 aliphatic rings. The van der Waals surface area contributed by atoms with E-state index in [0.717, 1.165) is 38.8 Å². The largest absolute Gasteiger partial charge is 0.391 e. The second-order valence-corrected chi connectivity index (χ2v) is 6.86. The third kappa shape index (κ3) is 4.32. The fourth-order valence-electron chi connectivity index (χ4n) is 3.70. The summed E-state index contributed by atoms with van der Waals surface area (Å²) < 4.78 is 1.89. The average molecular weight is 320 g/mol. The number of hydrogen-bond acceptors (Lipinski definition) is 4. The molecule has 3 rings (SSSR count). The number of rotatable bonds is 5. The summed E-state index contributed by atoms with van der Waals surface area (Å²) in [6, 6.07) is 2.09. The van der Waals surface area contributed by atoms with E-state index in [1.165, 1.54) is 19.3 Å². The van der Waals surface area contributed by atoms with Gasteiger partial charge in [0.05, 0.1) is 12.1 Å². The maximum atomic E-state index is 12.2. The first-order chi connectivity index (χ1) is 11.2. The van der Waals surface area contributed by atoms with Crippen LogP contribution in [0.25, 0.3) is 0 Å². The molecule has 0 radical (unpaired) electrons. The van der Waals surface area contributed by atoms with Crippen LogP contribution in [0.15, 0.2) is 12.3 Å². The molecule has 1 saturated carbocycles. The third-order valence-corrected chi connectivity index (χ3v) is 5.15. The van der Waals surface area contributed by atoms with Crippen LogP contribution in [0, 0.1) is 5.92 Å². The average Bonchev–Trinajstić information content (AvgIpc) is 3.11. The van der Waals surface area contributed by atoms with Gasteiger partial charge in [0, 0.05) is 19.3 Å². The maximum Gasteiger partial charge on any atom is 0.271 e. The molecule has 1 aromatic heterocycles. The van der Waals surface area contributed by atoms with Crippen molar-refractivity contribution >= 4 is 5.91 Å². The molecule has 6 heteroatoms. The van der Waals surface area contributed by atoms with Gasteiger partial charge in [-0.15, -0.1) is 0 Å². The van der Waals surface area contributed by atoms with Gasteiger partial charge in [0.1, 0.15) is 5.69 Å². The molecule has 2 unspecified atom stereocenters. The van der Waals surface area contributed by atoms with E-state index >= 15 is 0 Å². The van der Waals surface area contributed by atoms with Gasteiger partial charge in [0.2, 0.25) is 0 Å². The Morgan fingerprint density at radius 3 is 2.91 bits per heavy atom. The van der Waals surface area contributed by atoms with Crippen molar-refractivity contribution < 1.29 is 9.90 Å². The predicted octanol–water partition coefficient (Wildman–Crippen LogP) is 1.48. The minimum absolute atomic E-state index is 0.192. The quantitative estimate of drug-likeness (QED) is 0.768. The van der Waals surface area contributed by atoms with Crippen LogP contribution >= 0.6 is 0 Å². The summed E-state index contributed by atoms with van der Waals surface area (Å²) in [6.45, 7) is 2.29. The summed E-state index contributed by atoms with van der Waals surface area (Å²) in [6.07, 6.45) is 9.46. The fourth-order valence-corrected chi connectivity index (χ4v) is 3.70. The minimum atomic E-state index is -0.441. The molecule has 3 N–H and O–H groups in total. The molecule has 2 atom stereocenters. The van der Waals surface area contributed by atoms with Gasteiger partial charge in [0.15, 0.2) is 0 Å². The van der Waals surface area contributed by atoms with E-state index in [1.54, 1.807) is 6.07 Å². The molecule has 1 amide bonds. The standard InChI is InChI=1S/C17H28N4O2/c22-16(13-5-2-1-3-6-13)12-19-17(23)15-8-10-21(20-15)14-7-4-9-18-11-14/h8,10,13-14,16,18,22H,1-7,9,11-12H2,(H,19,23). The summed E-state index contributed by atoms with van der Waals surface area (Å²) in [7, 11) is 0. The molecule has 0 spiro atoms. The number of nitrogens with zero attached hydrogens (tertiary/aromatic N) is 2. The van der Waals surface area contributed by atoms with E-state index in [9.17, 15) is 9.90 Å². The van der Waals surface area contributed by atoms with Crippen LogP contribution in [0.1, 0.15) is 61.5 Å². The highest BCUT2D eigenvalue weighted by atomic mass is 16.3. The molecule has 0 aromatic carbocycles. The van der Waals surface area contributed by atoms with Gasteiger partial charge >= 0.3 is 0 Å². The lowest BCUT2D eigenvalue weighted by Crippen LogP contribution is -2.37. The number of hydrogen-bond donors (Lipinski definition) is 3. The summed E-state index contributed by atoms with van der Waals surface area (Å²) in [5.74, 6) is 0.136. The van der Waals surface area contributed by atoms with E-state index in [-0.39, 0.29) is 5.91 Å². The number of aliphatic hydroxyl groups excluding tert-OH is 1. The Balaban J connectivity index is 1.49. The van der Waals surface area contributed by atoms with Crippen LogP contribution in [-0.2, 0) is 0 Å². The number of amides is 1. The van der Waals surface area contributed by atoms with Gasteiger partial charge in [0.25, 0.3) is 5.91 Å². The van der Waals surface area contributed by atoms with E-state index in [0.29, 0.717) is 24.2 Å². The Bertz CT molecular complexity index is 504. The van der Waals surface area contributed by atoms with Crippen LogP contribution in [0.4, 0.5) is 0 Å². The van der Waals surface area contributed by atoms with E-state index in [1.807, 2.05) is 10.9 Å². The van der Waals surface area contributed by atoms with Crippen molar-refractivity contribution in [3.8, 4) is 0 Å². The van der Waals surface area contributed by atoms with Gasteiger partial charge in [-0.2, -0.15) is 5.10 Å². The van der Waals surface area contributed by atoms with Crippen LogP contribution in [0.3, 0.4) is 0 Å². The Labute approximate surface area is 137 Å². The van der Waals surface area contributed by atoms with Gasteiger partial charge in [-0.3, -0.25) is 9.48 Å². The van der Waals surface area contributed by atoms with Gasteiger partial charge in [-0.05, 0) is 44.2 Å². The lowest BCUT2D eigenvalue weighted by atomic mass is 9.85. The molecule has 6 nitrogen and oxygen atoms in total. The summed E-state index contributed by atoms with van der Waals surface area (Å²) in [5, 5.41) is 20.8. The van der Waals surface area contributed by atoms with E-state index < -0.39 is 6.10 Å². The van der Waals surface area contributed by atoms with Gasteiger partial charge in [-0.25, -0.2) is 0 Å². The molecule has 128 valence electrons. The molecule has 0 bridgehead atoms. The van der Waals surface area contributed by atoms with Crippen LogP contribution < -0.4 is 10.6 Å². The first kappa shape index (κ1) is 16.5. The van der Waals surface area contributed by atoms with Crippen molar-refractivity contribution in [2.45, 2.75) is 57.1 Å². The number of aromatic nitrogens is 2. The Morgan fingerprint density at radius 2 is 2.17 bits per heavy atom. The van der Waals surface area contributed by atoms with Gasteiger partial charge in [-0.1, -0.05) is 19.3 Å². The summed E-state index contributed by atoms with van der Waals surface area (Å²) in [5.41, 5.74) is 0.436. The highest BCUT2D eigenvalue weighted by Gasteiger charge is 2.23. The summed E-state index contributed by atoms with van der Waals surface area (Å²) in [4.78, 5) is 12.2. The zero-order chi connectivity index (χ0) is 16.1. The van der Waals surface area contributed by atoms with Crippen LogP contribution in [0.5, 0.6) is 0 Å². The van der Waals surface area contributed by atoms with Crippen molar-refractivity contribution in [1.29, 1.82) is 0 Å². The van der Waals surface area contributed by atoms with Crippen LogP contribution in [0.2, 0.25) is 0 Å². The first-order valence-electron chi connectivity index (χ1n) is 8.96. The highest BCUT2D eigenvalue weighted by Crippen LogP contribution is 2.26. The summed E-state index contributed by atoms with van der Waals surface area (Å²) >= 11 is 0. The molecule has 2 heterocycles. The monoisotopic (exact) mass is 320 g/mol. The number of aliphatic hydroxyl groups is 1. The lowest BCUT2D eigenvalue weighted by Gasteiger charge is -2.26. The lowest BCUT2D eigenvalue weighted by molar-refractivity contribution is 0.0735. The molecule has 2 fully saturated rings. The zero-order valence-electron chi connectivity index (χ0n) is 13.7. The molecular weight excluding hydrogens is 292 g/mol. The Hall–Kier alpha value is -1.40.